The fraction of sp³-hybridized carbons (Fsp3) is 0.278. The molecule has 1 saturated heterocycles. The minimum absolute atomic E-state index is 0.00515. The Balaban J connectivity index is 1.70. The zero-order valence-corrected chi connectivity index (χ0v) is 13.9. The first-order valence-electron chi connectivity index (χ1n) is 7.71. The predicted molar refractivity (Wildman–Crippen MR) is 95.2 cm³/mol. The first kappa shape index (κ1) is 15.7. The number of rotatable bonds is 2. The number of carbonyl (C=O) groups is 1. The van der Waals surface area contributed by atoms with Gasteiger partial charge in [0.25, 0.3) is 5.91 Å². The number of piperazine rings is 1. The molecule has 23 heavy (non-hydrogen) atoms. The van der Waals surface area contributed by atoms with E-state index in [1.807, 2.05) is 35.2 Å². The van der Waals surface area contributed by atoms with E-state index in [0.717, 1.165) is 23.8 Å². The second-order valence-corrected chi connectivity index (χ2v) is 6.23. The van der Waals surface area contributed by atoms with E-state index in [1.54, 1.807) is 12.1 Å². The zero-order valence-electron chi connectivity index (χ0n) is 13.1. The van der Waals surface area contributed by atoms with E-state index in [2.05, 4.69) is 11.8 Å². The number of carbonyl (C=O) groups excluding carboxylic acids is 1. The lowest BCUT2D eigenvalue weighted by atomic mass is 10.1. The lowest BCUT2D eigenvalue weighted by Gasteiger charge is -2.37. The van der Waals surface area contributed by atoms with E-state index in [0.29, 0.717) is 24.3 Å². The summed E-state index contributed by atoms with van der Waals surface area (Å²) in [7, 11) is 0. The van der Waals surface area contributed by atoms with Crippen LogP contribution in [0.15, 0.2) is 42.5 Å². The fourth-order valence-electron chi connectivity index (χ4n) is 2.94. The Labute approximate surface area is 141 Å². The average molecular weight is 330 g/mol. The first-order chi connectivity index (χ1) is 11.1. The van der Waals surface area contributed by atoms with Gasteiger partial charge in [0.2, 0.25) is 0 Å². The minimum Gasteiger partial charge on any atom is -0.398 e. The van der Waals surface area contributed by atoms with E-state index in [-0.39, 0.29) is 5.91 Å². The summed E-state index contributed by atoms with van der Waals surface area (Å²) in [6, 6.07) is 13.1. The molecule has 0 unspecified atom stereocenters. The third-order valence-electron chi connectivity index (χ3n) is 4.27. The summed E-state index contributed by atoms with van der Waals surface area (Å²) < 4.78 is 0. The maximum absolute atomic E-state index is 12.6. The third-order valence-corrected chi connectivity index (χ3v) is 4.51. The van der Waals surface area contributed by atoms with Crippen LogP contribution in [-0.2, 0) is 0 Å². The van der Waals surface area contributed by atoms with Crippen molar-refractivity contribution in [1.29, 1.82) is 0 Å². The molecule has 5 heteroatoms. The molecule has 1 heterocycles. The summed E-state index contributed by atoms with van der Waals surface area (Å²) in [5.41, 5.74) is 9.36. The number of hydrogen-bond acceptors (Lipinski definition) is 3. The van der Waals surface area contributed by atoms with Crippen LogP contribution in [0.5, 0.6) is 0 Å². The number of nitrogens with two attached hydrogens (primary N) is 1. The molecule has 1 fully saturated rings. The van der Waals surface area contributed by atoms with Crippen LogP contribution in [0.3, 0.4) is 0 Å². The van der Waals surface area contributed by atoms with Gasteiger partial charge in [-0.2, -0.15) is 0 Å². The Morgan fingerprint density at radius 1 is 1.09 bits per heavy atom. The molecule has 1 amide bonds. The Morgan fingerprint density at radius 3 is 2.48 bits per heavy atom. The first-order valence-corrected chi connectivity index (χ1v) is 8.09. The second kappa shape index (κ2) is 6.50. The molecule has 0 bridgehead atoms. The Hall–Kier alpha value is -2.20. The van der Waals surface area contributed by atoms with E-state index < -0.39 is 0 Å². The van der Waals surface area contributed by atoms with Crippen LogP contribution >= 0.6 is 11.6 Å². The van der Waals surface area contributed by atoms with Gasteiger partial charge >= 0.3 is 0 Å². The van der Waals surface area contributed by atoms with Crippen LogP contribution < -0.4 is 10.6 Å². The van der Waals surface area contributed by atoms with Crippen LogP contribution in [0.2, 0.25) is 5.02 Å². The summed E-state index contributed by atoms with van der Waals surface area (Å²) in [5.74, 6) is 0.00515. The molecule has 2 aromatic rings. The number of para-hydroxylation sites is 1. The molecule has 0 aliphatic carbocycles. The molecule has 1 aliphatic rings. The number of nitrogens with zero attached hydrogens (tertiary/aromatic N) is 2. The van der Waals surface area contributed by atoms with Crippen molar-refractivity contribution in [1.82, 2.24) is 4.90 Å². The van der Waals surface area contributed by atoms with Gasteiger partial charge in [0.05, 0.1) is 5.56 Å². The van der Waals surface area contributed by atoms with Crippen LogP contribution in [0, 0.1) is 6.92 Å². The van der Waals surface area contributed by atoms with Crippen molar-refractivity contribution in [2.24, 2.45) is 0 Å². The van der Waals surface area contributed by atoms with Gasteiger partial charge in [0.1, 0.15) is 0 Å². The highest BCUT2D eigenvalue weighted by Crippen LogP contribution is 2.25. The van der Waals surface area contributed by atoms with Gasteiger partial charge in [-0.3, -0.25) is 4.79 Å². The zero-order chi connectivity index (χ0) is 16.4. The van der Waals surface area contributed by atoms with E-state index in [9.17, 15) is 4.79 Å². The third kappa shape index (κ3) is 3.27. The lowest BCUT2D eigenvalue weighted by Crippen LogP contribution is -2.49. The summed E-state index contributed by atoms with van der Waals surface area (Å²) in [4.78, 5) is 16.7. The summed E-state index contributed by atoms with van der Waals surface area (Å²) in [6.45, 7) is 5.02. The molecule has 1 aliphatic heterocycles. The largest absolute Gasteiger partial charge is 0.398 e. The van der Waals surface area contributed by atoms with Gasteiger partial charge < -0.3 is 15.5 Å². The highest BCUT2D eigenvalue weighted by molar-refractivity contribution is 6.30. The number of anilines is 2. The number of amides is 1. The summed E-state index contributed by atoms with van der Waals surface area (Å²) >= 11 is 6.11. The SMILES string of the molecule is Cc1ccc(Cl)cc1N1CCN(C(=O)c2ccccc2N)CC1. The van der Waals surface area contributed by atoms with Gasteiger partial charge in [-0.15, -0.1) is 0 Å². The van der Waals surface area contributed by atoms with Crippen LogP contribution in [0.4, 0.5) is 11.4 Å². The molecule has 0 radical (unpaired) electrons. The molecule has 3 rings (SSSR count). The van der Waals surface area contributed by atoms with E-state index in [4.69, 9.17) is 17.3 Å². The van der Waals surface area contributed by atoms with Gasteiger partial charge in [-0.25, -0.2) is 0 Å². The molecule has 4 nitrogen and oxygen atoms in total. The average Bonchev–Trinajstić information content (AvgIpc) is 2.57. The standard InChI is InChI=1S/C18H20ClN3O/c1-13-6-7-14(19)12-17(13)21-8-10-22(11-9-21)18(23)15-4-2-3-5-16(15)20/h2-7,12H,8-11,20H2,1H3. The highest BCUT2D eigenvalue weighted by Gasteiger charge is 2.24. The van der Waals surface area contributed by atoms with Crippen LogP contribution in [0.1, 0.15) is 15.9 Å². The van der Waals surface area contributed by atoms with Gasteiger partial charge in [-0.1, -0.05) is 29.8 Å². The van der Waals surface area contributed by atoms with Crippen LogP contribution in [-0.4, -0.2) is 37.0 Å². The predicted octanol–water partition coefficient (Wildman–Crippen LogP) is 3.19. The number of hydrogen-bond donors (Lipinski definition) is 1. The number of aryl methyl sites for hydroxylation is 1. The van der Waals surface area contributed by atoms with Crippen LogP contribution in [0.25, 0.3) is 0 Å². The quantitative estimate of drug-likeness (QED) is 0.861. The smallest absolute Gasteiger partial charge is 0.256 e. The van der Waals surface area contributed by atoms with E-state index in [1.165, 1.54) is 5.56 Å². The number of nitrogen functional groups attached to an aromatic ring is 1. The Kier molecular flexibility index (Phi) is 4.44. The molecule has 120 valence electrons. The molecule has 2 aromatic carbocycles. The molecular weight excluding hydrogens is 310 g/mol. The van der Waals surface area contributed by atoms with Gasteiger partial charge in [-0.05, 0) is 36.8 Å². The maximum atomic E-state index is 12.6. The Morgan fingerprint density at radius 2 is 1.78 bits per heavy atom. The van der Waals surface area contributed by atoms with Crippen molar-refractivity contribution in [3.8, 4) is 0 Å². The van der Waals surface area contributed by atoms with E-state index >= 15 is 0 Å². The maximum Gasteiger partial charge on any atom is 0.256 e. The van der Waals surface area contributed by atoms with Crippen molar-refractivity contribution in [3.05, 3.63) is 58.6 Å². The number of halogens is 1. The normalized spacial score (nSPS) is 14.9. The van der Waals surface area contributed by atoms with Crippen molar-refractivity contribution >= 4 is 28.9 Å². The van der Waals surface area contributed by atoms with Crippen molar-refractivity contribution in [2.45, 2.75) is 6.92 Å². The minimum atomic E-state index is 0.00515. The molecule has 0 atom stereocenters. The van der Waals surface area contributed by atoms with Gasteiger partial charge in [0, 0.05) is 42.6 Å². The van der Waals surface area contributed by atoms with Gasteiger partial charge in [0.15, 0.2) is 0 Å². The topological polar surface area (TPSA) is 49.6 Å². The summed E-state index contributed by atoms with van der Waals surface area (Å²) in [6.07, 6.45) is 0. The lowest BCUT2D eigenvalue weighted by molar-refractivity contribution is 0.0748. The highest BCUT2D eigenvalue weighted by atomic mass is 35.5. The molecule has 0 saturated carbocycles. The number of benzene rings is 2. The van der Waals surface area contributed by atoms with Crippen molar-refractivity contribution in [2.75, 3.05) is 36.8 Å². The molecular formula is C18H20ClN3O. The monoisotopic (exact) mass is 329 g/mol. The second-order valence-electron chi connectivity index (χ2n) is 5.80. The molecule has 0 spiro atoms. The molecule has 0 aromatic heterocycles. The fourth-order valence-corrected chi connectivity index (χ4v) is 3.10. The van der Waals surface area contributed by atoms with Crippen molar-refractivity contribution in [3.63, 3.8) is 0 Å². The summed E-state index contributed by atoms with van der Waals surface area (Å²) in [5, 5.41) is 0.737. The Bertz CT molecular complexity index is 724. The molecule has 2 N–H and O–H groups in total. The van der Waals surface area contributed by atoms with Crippen molar-refractivity contribution < 1.29 is 4.79 Å².